The minimum absolute atomic E-state index is 0.0757. The van der Waals surface area contributed by atoms with Gasteiger partial charge in [0.25, 0.3) is 0 Å². The number of hydrogen-bond donors (Lipinski definition) is 1. The van der Waals surface area contributed by atoms with E-state index in [9.17, 15) is 21.6 Å². The summed E-state index contributed by atoms with van der Waals surface area (Å²) in [6, 6.07) is 5.59. The van der Waals surface area contributed by atoms with Crippen LogP contribution in [0.2, 0.25) is 0 Å². The molecule has 0 bridgehead atoms. The van der Waals surface area contributed by atoms with Crippen molar-refractivity contribution in [1.29, 1.82) is 0 Å². The average molecular weight is 321 g/mol. The predicted molar refractivity (Wildman–Crippen MR) is 73.3 cm³/mol. The minimum Gasteiger partial charge on any atom is -0.208 e. The molecule has 0 heterocycles. The van der Waals surface area contributed by atoms with Crippen molar-refractivity contribution in [2.24, 2.45) is 5.92 Å². The Labute approximate surface area is 122 Å². The summed E-state index contributed by atoms with van der Waals surface area (Å²) in [5.41, 5.74) is 0.920. The van der Waals surface area contributed by atoms with Crippen LogP contribution in [-0.2, 0) is 10.0 Å². The lowest BCUT2D eigenvalue weighted by Crippen LogP contribution is -2.41. The molecule has 0 saturated heterocycles. The average Bonchev–Trinajstić information content (AvgIpc) is 2.38. The van der Waals surface area contributed by atoms with Crippen molar-refractivity contribution >= 4 is 10.0 Å². The SMILES string of the molecule is Cc1ccc(S(=O)(=O)N[C@@H]2CCC[C@H](C(F)(F)F)C2)cc1. The Morgan fingerprint density at radius 2 is 1.76 bits per heavy atom. The second-order valence-corrected chi connectivity index (χ2v) is 7.25. The second kappa shape index (κ2) is 5.96. The van der Waals surface area contributed by atoms with Gasteiger partial charge in [-0.05, 0) is 38.3 Å². The predicted octanol–water partition coefficient (Wildman–Crippen LogP) is 3.39. The molecule has 1 saturated carbocycles. The molecule has 2 atom stereocenters. The summed E-state index contributed by atoms with van der Waals surface area (Å²) in [7, 11) is -3.76. The molecule has 118 valence electrons. The van der Waals surface area contributed by atoms with Crippen molar-refractivity contribution in [3.63, 3.8) is 0 Å². The fourth-order valence-corrected chi connectivity index (χ4v) is 3.88. The van der Waals surface area contributed by atoms with Gasteiger partial charge in [0.2, 0.25) is 10.0 Å². The quantitative estimate of drug-likeness (QED) is 0.927. The Morgan fingerprint density at radius 3 is 2.33 bits per heavy atom. The fourth-order valence-electron chi connectivity index (χ4n) is 2.60. The Bertz CT molecular complexity index is 581. The molecule has 1 N–H and O–H groups in total. The fraction of sp³-hybridized carbons (Fsp3) is 0.571. The maximum Gasteiger partial charge on any atom is 0.391 e. The molecule has 0 aliphatic heterocycles. The van der Waals surface area contributed by atoms with E-state index < -0.39 is 28.2 Å². The molecule has 1 fully saturated rings. The van der Waals surface area contributed by atoms with Crippen LogP contribution in [0.25, 0.3) is 0 Å². The van der Waals surface area contributed by atoms with Crippen LogP contribution < -0.4 is 4.72 Å². The van der Waals surface area contributed by atoms with E-state index in [0.29, 0.717) is 12.8 Å². The first-order chi connectivity index (χ1) is 9.68. The lowest BCUT2D eigenvalue weighted by atomic mass is 9.86. The minimum atomic E-state index is -4.26. The molecule has 3 nitrogen and oxygen atoms in total. The smallest absolute Gasteiger partial charge is 0.208 e. The van der Waals surface area contributed by atoms with Gasteiger partial charge in [-0.1, -0.05) is 24.1 Å². The maximum atomic E-state index is 12.7. The molecule has 0 radical (unpaired) electrons. The molecular weight excluding hydrogens is 303 g/mol. The summed E-state index contributed by atoms with van der Waals surface area (Å²) >= 11 is 0. The van der Waals surface area contributed by atoms with Gasteiger partial charge in [0.1, 0.15) is 0 Å². The highest BCUT2D eigenvalue weighted by Crippen LogP contribution is 2.37. The Morgan fingerprint density at radius 1 is 1.14 bits per heavy atom. The summed E-state index contributed by atoms with van der Waals surface area (Å²) < 4.78 is 65.0. The first-order valence-electron chi connectivity index (χ1n) is 6.84. The monoisotopic (exact) mass is 321 g/mol. The summed E-state index contributed by atoms with van der Waals surface area (Å²) in [6.45, 7) is 1.83. The standard InChI is InChI=1S/C14H18F3NO2S/c1-10-5-7-13(8-6-10)21(19,20)18-12-4-2-3-11(9-12)14(15,16)17/h5-8,11-12,18H,2-4,9H2,1H3/t11-,12+/m0/s1. The first-order valence-corrected chi connectivity index (χ1v) is 8.32. The molecule has 0 unspecified atom stereocenters. The maximum absolute atomic E-state index is 12.7. The highest BCUT2D eigenvalue weighted by atomic mass is 32.2. The lowest BCUT2D eigenvalue weighted by Gasteiger charge is -2.30. The largest absolute Gasteiger partial charge is 0.391 e. The van der Waals surface area contributed by atoms with Crippen molar-refractivity contribution in [2.75, 3.05) is 0 Å². The molecular formula is C14H18F3NO2S. The van der Waals surface area contributed by atoms with E-state index >= 15 is 0 Å². The van der Waals surface area contributed by atoms with Crippen LogP contribution in [0.4, 0.5) is 13.2 Å². The van der Waals surface area contributed by atoms with Gasteiger partial charge < -0.3 is 0 Å². The zero-order valence-electron chi connectivity index (χ0n) is 11.7. The van der Waals surface area contributed by atoms with E-state index in [1.807, 2.05) is 6.92 Å². The molecule has 0 amide bonds. The van der Waals surface area contributed by atoms with E-state index in [-0.39, 0.29) is 17.7 Å². The summed E-state index contributed by atoms with van der Waals surface area (Å²) in [4.78, 5) is 0.0854. The highest BCUT2D eigenvalue weighted by Gasteiger charge is 2.42. The van der Waals surface area contributed by atoms with Crippen LogP contribution in [0.1, 0.15) is 31.2 Å². The van der Waals surface area contributed by atoms with Crippen molar-refractivity contribution < 1.29 is 21.6 Å². The number of benzene rings is 1. The summed E-state index contributed by atoms with van der Waals surface area (Å²) in [5, 5.41) is 0. The molecule has 1 aliphatic carbocycles. The highest BCUT2D eigenvalue weighted by molar-refractivity contribution is 7.89. The van der Waals surface area contributed by atoms with Crippen molar-refractivity contribution in [3.05, 3.63) is 29.8 Å². The Balaban J connectivity index is 2.08. The topological polar surface area (TPSA) is 46.2 Å². The van der Waals surface area contributed by atoms with Gasteiger partial charge in [0.05, 0.1) is 10.8 Å². The number of nitrogens with one attached hydrogen (secondary N) is 1. The van der Waals surface area contributed by atoms with Crippen LogP contribution in [0, 0.1) is 12.8 Å². The van der Waals surface area contributed by atoms with Crippen LogP contribution in [0.5, 0.6) is 0 Å². The van der Waals surface area contributed by atoms with E-state index in [2.05, 4.69) is 4.72 Å². The van der Waals surface area contributed by atoms with Gasteiger partial charge in [-0.2, -0.15) is 13.2 Å². The molecule has 1 aromatic carbocycles. The lowest BCUT2D eigenvalue weighted by molar-refractivity contribution is -0.183. The van der Waals surface area contributed by atoms with E-state index in [4.69, 9.17) is 0 Å². The van der Waals surface area contributed by atoms with E-state index in [0.717, 1.165) is 5.56 Å². The molecule has 0 aromatic heterocycles. The van der Waals surface area contributed by atoms with Crippen LogP contribution in [0.3, 0.4) is 0 Å². The van der Waals surface area contributed by atoms with Gasteiger partial charge >= 0.3 is 6.18 Å². The Hall–Kier alpha value is -1.08. The normalized spacial score (nSPS) is 24.0. The number of hydrogen-bond acceptors (Lipinski definition) is 2. The molecule has 1 aromatic rings. The van der Waals surface area contributed by atoms with Crippen LogP contribution in [-0.4, -0.2) is 20.6 Å². The summed E-state index contributed by atoms with van der Waals surface area (Å²) in [6.07, 6.45) is -3.54. The van der Waals surface area contributed by atoms with E-state index in [1.54, 1.807) is 12.1 Å². The molecule has 7 heteroatoms. The number of aryl methyl sites for hydroxylation is 1. The number of rotatable bonds is 3. The number of sulfonamides is 1. The van der Waals surface area contributed by atoms with Crippen molar-refractivity contribution in [2.45, 2.75) is 49.7 Å². The van der Waals surface area contributed by atoms with Crippen LogP contribution >= 0.6 is 0 Å². The second-order valence-electron chi connectivity index (χ2n) is 5.54. The molecule has 2 rings (SSSR count). The third-order valence-corrected chi connectivity index (χ3v) is 5.33. The number of halogens is 3. The third-order valence-electron chi connectivity index (χ3n) is 3.79. The summed E-state index contributed by atoms with van der Waals surface area (Å²) in [5.74, 6) is -1.42. The zero-order chi connectivity index (χ0) is 15.7. The third kappa shape index (κ3) is 4.20. The van der Waals surface area contributed by atoms with Crippen molar-refractivity contribution in [3.8, 4) is 0 Å². The van der Waals surface area contributed by atoms with Gasteiger partial charge in [-0.25, -0.2) is 13.1 Å². The number of alkyl halides is 3. The van der Waals surface area contributed by atoms with E-state index in [1.165, 1.54) is 12.1 Å². The molecule has 21 heavy (non-hydrogen) atoms. The first kappa shape index (κ1) is 16.3. The van der Waals surface area contributed by atoms with Gasteiger partial charge in [-0.15, -0.1) is 0 Å². The van der Waals surface area contributed by atoms with Gasteiger partial charge in [-0.3, -0.25) is 0 Å². The Kier molecular flexibility index (Phi) is 4.63. The zero-order valence-corrected chi connectivity index (χ0v) is 12.5. The van der Waals surface area contributed by atoms with Crippen molar-refractivity contribution in [1.82, 2.24) is 4.72 Å². The molecule has 0 spiro atoms. The van der Waals surface area contributed by atoms with Crippen LogP contribution in [0.15, 0.2) is 29.2 Å². The van der Waals surface area contributed by atoms with Gasteiger partial charge in [0, 0.05) is 6.04 Å². The van der Waals surface area contributed by atoms with Gasteiger partial charge in [0.15, 0.2) is 0 Å². The molecule has 1 aliphatic rings.